The molecule has 0 amide bonds. The Hall–Kier alpha value is -1.44. The van der Waals surface area contributed by atoms with E-state index in [9.17, 15) is 0 Å². The van der Waals surface area contributed by atoms with Crippen LogP contribution in [0.3, 0.4) is 0 Å². The fourth-order valence-corrected chi connectivity index (χ4v) is 1.29. The van der Waals surface area contributed by atoms with Crippen molar-refractivity contribution in [1.29, 1.82) is 0 Å². The topological polar surface area (TPSA) is 27.8 Å². The highest BCUT2D eigenvalue weighted by atomic mass is 14.8. The second-order valence-electron chi connectivity index (χ2n) is 2.50. The number of aromatic nitrogens is 1. The Labute approximate surface area is 65.2 Å². The zero-order valence-corrected chi connectivity index (χ0v) is 6.39. The molecule has 0 radical (unpaired) electrons. The van der Waals surface area contributed by atoms with Crippen LogP contribution in [0.2, 0.25) is 0 Å². The van der Waals surface area contributed by atoms with Crippen LogP contribution < -0.4 is 5.32 Å². The third-order valence-corrected chi connectivity index (χ3v) is 1.86. The molecule has 56 valence electrons. The third-order valence-electron chi connectivity index (χ3n) is 1.86. The molecule has 0 aliphatic rings. The van der Waals surface area contributed by atoms with Gasteiger partial charge in [-0.25, -0.2) is 0 Å². The van der Waals surface area contributed by atoms with Crippen molar-refractivity contribution in [1.82, 2.24) is 4.98 Å². The first-order valence-corrected chi connectivity index (χ1v) is 3.65. The number of hydrogen-bond donors (Lipinski definition) is 2. The molecule has 2 nitrogen and oxygen atoms in total. The van der Waals surface area contributed by atoms with Crippen LogP contribution in [-0.4, -0.2) is 12.0 Å². The minimum Gasteiger partial charge on any atom is -0.386 e. The van der Waals surface area contributed by atoms with Crippen molar-refractivity contribution < 1.29 is 0 Å². The maximum Gasteiger partial charge on any atom is 0.0689 e. The van der Waals surface area contributed by atoms with E-state index < -0.39 is 0 Å². The number of nitrogens with one attached hydrogen (secondary N) is 2. The lowest BCUT2D eigenvalue weighted by Crippen LogP contribution is -1.87. The summed E-state index contributed by atoms with van der Waals surface area (Å²) in [6.07, 6.45) is 1.95. The van der Waals surface area contributed by atoms with E-state index in [4.69, 9.17) is 0 Å². The smallest absolute Gasteiger partial charge is 0.0689 e. The van der Waals surface area contributed by atoms with Gasteiger partial charge in [0.05, 0.1) is 11.2 Å². The number of benzene rings is 1. The molecule has 0 bridgehead atoms. The molecule has 0 aliphatic heterocycles. The van der Waals surface area contributed by atoms with E-state index in [0.29, 0.717) is 0 Å². The van der Waals surface area contributed by atoms with Crippen LogP contribution in [0.5, 0.6) is 0 Å². The highest BCUT2D eigenvalue weighted by Crippen LogP contribution is 2.20. The van der Waals surface area contributed by atoms with Crippen molar-refractivity contribution in [2.45, 2.75) is 0 Å². The third kappa shape index (κ3) is 0.871. The Balaban J connectivity index is 2.79. The molecule has 0 saturated carbocycles. The summed E-state index contributed by atoms with van der Waals surface area (Å²) in [5.74, 6) is 0. The lowest BCUT2D eigenvalue weighted by atomic mass is 10.2. The van der Waals surface area contributed by atoms with Gasteiger partial charge in [-0.3, -0.25) is 0 Å². The molecule has 0 spiro atoms. The van der Waals surface area contributed by atoms with Gasteiger partial charge in [0.1, 0.15) is 0 Å². The largest absolute Gasteiger partial charge is 0.386 e. The second kappa shape index (κ2) is 2.31. The quantitative estimate of drug-likeness (QED) is 0.634. The number of anilines is 1. The summed E-state index contributed by atoms with van der Waals surface area (Å²) in [5.41, 5.74) is 2.32. The second-order valence-corrected chi connectivity index (χ2v) is 2.50. The van der Waals surface area contributed by atoms with Crippen molar-refractivity contribution in [2.75, 3.05) is 12.4 Å². The highest BCUT2D eigenvalue weighted by molar-refractivity contribution is 5.90. The maximum absolute atomic E-state index is 3.18. The zero-order valence-electron chi connectivity index (χ0n) is 6.39. The van der Waals surface area contributed by atoms with E-state index in [0.717, 1.165) is 5.69 Å². The molecule has 0 atom stereocenters. The average Bonchev–Trinajstić information content (AvgIpc) is 2.50. The number of rotatable bonds is 1. The number of hydrogen-bond acceptors (Lipinski definition) is 1. The molecule has 0 aliphatic carbocycles. The van der Waals surface area contributed by atoms with Crippen molar-refractivity contribution in [3.05, 3.63) is 30.5 Å². The predicted molar refractivity (Wildman–Crippen MR) is 47.8 cm³/mol. The van der Waals surface area contributed by atoms with Gasteiger partial charge in [0.2, 0.25) is 0 Å². The van der Waals surface area contributed by atoms with Crippen LogP contribution in [0, 0.1) is 0 Å². The maximum atomic E-state index is 3.18. The van der Waals surface area contributed by atoms with Crippen molar-refractivity contribution in [2.24, 2.45) is 0 Å². The number of para-hydroxylation sites is 1. The van der Waals surface area contributed by atoms with Gasteiger partial charge in [-0.1, -0.05) is 12.1 Å². The average molecular weight is 146 g/mol. The summed E-state index contributed by atoms with van der Waals surface area (Å²) in [6, 6.07) is 8.25. The fourth-order valence-electron chi connectivity index (χ4n) is 1.29. The minimum atomic E-state index is 1.15. The lowest BCUT2D eigenvalue weighted by Gasteiger charge is -1.99. The van der Waals surface area contributed by atoms with Gasteiger partial charge in [-0.2, -0.15) is 0 Å². The zero-order chi connectivity index (χ0) is 7.68. The fraction of sp³-hybridized carbons (Fsp3) is 0.111. The Morgan fingerprint density at radius 3 is 3.00 bits per heavy atom. The molecule has 1 heterocycles. The van der Waals surface area contributed by atoms with Gasteiger partial charge in [-0.15, -0.1) is 0 Å². The Morgan fingerprint density at radius 2 is 2.18 bits per heavy atom. The molecule has 1 aromatic carbocycles. The molecule has 2 rings (SSSR count). The molecule has 2 heteroatoms. The molecule has 0 saturated heterocycles. The Bertz CT molecular complexity index is 362. The Morgan fingerprint density at radius 1 is 1.27 bits per heavy atom. The van der Waals surface area contributed by atoms with Gasteiger partial charge < -0.3 is 10.3 Å². The van der Waals surface area contributed by atoms with Gasteiger partial charge in [0.15, 0.2) is 0 Å². The molecule has 1 aromatic heterocycles. The van der Waals surface area contributed by atoms with Crippen molar-refractivity contribution in [3.63, 3.8) is 0 Å². The number of fused-ring (bicyclic) bond motifs is 1. The van der Waals surface area contributed by atoms with E-state index in [-0.39, 0.29) is 0 Å². The van der Waals surface area contributed by atoms with Gasteiger partial charge >= 0.3 is 0 Å². The predicted octanol–water partition coefficient (Wildman–Crippen LogP) is 2.21. The van der Waals surface area contributed by atoms with E-state index in [2.05, 4.69) is 28.5 Å². The van der Waals surface area contributed by atoms with Gasteiger partial charge in [0, 0.05) is 18.6 Å². The summed E-state index contributed by atoms with van der Waals surface area (Å²) in [4.78, 5) is 3.18. The van der Waals surface area contributed by atoms with Crippen LogP contribution in [0.4, 0.5) is 5.69 Å². The van der Waals surface area contributed by atoms with Crippen LogP contribution in [0.1, 0.15) is 0 Å². The summed E-state index contributed by atoms with van der Waals surface area (Å²) < 4.78 is 0. The van der Waals surface area contributed by atoms with Crippen LogP contribution in [0.15, 0.2) is 30.5 Å². The SMILES string of the molecule is CNc1cccc2cc[nH]c12. The summed E-state index contributed by atoms with van der Waals surface area (Å²) in [7, 11) is 1.93. The summed E-state index contributed by atoms with van der Waals surface area (Å²) in [5, 5.41) is 4.37. The first kappa shape index (κ1) is 6.28. The van der Waals surface area contributed by atoms with Gasteiger partial charge in [0.25, 0.3) is 0 Å². The standard InChI is InChI=1S/C9H10N2/c1-10-8-4-2-3-7-5-6-11-9(7)8/h2-6,10-11H,1H3. The minimum absolute atomic E-state index is 1.15. The van der Waals surface area contributed by atoms with E-state index in [1.807, 2.05) is 19.3 Å². The van der Waals surface area contributed by atoms with Crippen LogP contribution >= 0.6 is 0 Å². The molecule has 0 unspecified atom stereocenters. The Kier molecular flexibility index (Phi) is 1.32. The molecule has 0 fully saturated rings. The monoisotopic (exact) mass is 146 g/mol. The molecular weight excluding hydrogens is 136 g/mol. The molecule has 2 aromatic rings. The lowest BCUT2D eigenvalue weighted by molar-refractivity contribution is 1.45. The van der Waals surface area contributed by atoms with Crippen LogP contribution in [-0.2, 0) is 0 Å². The molecule has 11 heavy (non-hydrogen) atoms. The first-order valence-electron chi connectivity index (χ1n) is 3.65. The highest BCUT2D eigenvalue weighted by Gasteiger charge is 1.96. The van der Waals surface area contributed by atoms with E-state index >= 15 is 0 Å². The summed E-state index contributed by atoms with van der Waals surface area (Å²) in [6.45, 7) is 0. The molecule has 2 N–H and O–H groups in total. The van der Waals surface area contributed by atoms with Crippen molar-refractivity contribution >= 4 is 16.6 Å². The number of H-pyrrole nitrogens is 1. The van der Waals surface area contributed by atoms with Gasteiger partial charge in [-0.05, 0) is 12.1 Å². The molecular formula is C9H10N2. The van der Waals surface area contributed by atoms with E-state index in [1.54, 1.807) is 0 Å². The normalized spacial score (nSPS) is 10.3. The van der Waals surface area contributed by atoms with Crippen molar-refractivity contribution in [3.8, 4) is 0 Å². The number of aromatic amines is 1. The summed E-state index contributed by atoms with van der Waals surface area (Å²) >= 11 is 0. The first-order chi connectivity index (χ1) is 5.42. The van der Waals surface area contributed by atoms with E-state index in [1.165, 1.54) is 10.9 Å². The van der Waals surface area contributed by atoms with Crippen LogP contribution in [0.25, 0.3) is 10.9 Å².